The van der Waals surface area contributed by atoms with E-state index in [4.69, 9.17) is 4.74 Å². The lowest BCUT2D eigenvalue weighted by atomic mass is 10.1. The van der Waals surface area contributed by atoms with Crippen molar-refractivity contribution in [3.05, 3.63) is 29.3 Å². The summed E-state index contributed by atoms with van der Waals surface area (Å²) in [4.78, 5) is 26.3. The van der Waals surface area contributed by atoms with E-state index in [0.717, 1.165) is 17.1 Å². The van der Waals surface area contributed by atoms with Crippen LogP contribution in [0, 0.1) is 5.92 Å². The van der Waals surface area contributed by atoms with Gasteiger partial charge < -0.3 is 15.0 Å². The molecule has 126 valence electrons. The molecule has 0 radical (unpaired) electrons. The summed E-state index contributed by atoms with van der Waals surface area (Å²) in [6.45, 7) is 2.32. The van der Waals surface area contributed by atoms with Crippen molar-refractivity contribution in [1.29, 1.82) is 0 Å². The molecule has 2 amide bonds. The van der Waals surface area contributed by atoms with Gasteiger partial charge in [0.15, 0.2) is 0 Å². The first-order chi connectivity index (χ1) is 11.6. The molecule has 0 bridgehead atoms. The number of hydrogen-bond donors (Lipinski definition) is 1. The minimum Gasteiger partial charge on any atom is -0.497 e. The largest absolute Gasteiger partial charge is 0.497 e. The molecule has 0 spiro atoms. The maximum absolute atomic E-state index is 12.4. The average Bonchev–Trinajstić information content (AvgIpc) is 3.21. The van der Waals surface area contributed by atoms with Gasteiger partial charge in [0.2, 0.25) is 16.9 Å². The van der Waals surface area contributed by atoms with Gasteiger partial charge in [-0.2, -0.15) is 0 Å². The lowest BCUT2D eigenvalue weighted by Crippen LogP contribution is -2.28. The van der Waals surface area contributed by atoms with Crippen molar-refractivity contribution < 1.29 is 14.3 Å². The van der Waals surface area contributed by atoms with E-state index in [-0.39, 0.29) is 18.2 Å². The fraction of sp³-hybridized carbons (Fsp3) is 0.375. The summed E-state index contributed by atoms with van der Waals surface area (Å²) >= 11 is 1.35. The van der Waals surface area contributed by atoms with Crippen molar-refractivity contribution in [2.45, 2.75) is 19.8 Å². The Balaban J connectivity index is 1.68. The maximum Gasteiger partial charge on any atom is 0.231 e. The molecule has 24 heavy (non-hydrogen) atoms. The molecule has 2 heterocycles. The fourth-order valence-corrected chi connectivity index (χ4v) is 3.25. The van der Waals surface area contributed by atoms with E-state index in [2.05, 4.69) is 15.5 Å². The Morgan fingerprint density at radius 1 is 1.46 bits per heavy atom. The quantitative estimate of drug-likeness (QED) is 0.896. The number of rotatable bonds is 5. The number of benzene rings is 1. The fourth-order valence-electron chi connectivity index (χ4n) is 2.57. The number of anilines is 2. The Hall–Kier alpha value is -2.48. The van der Waals surface area contributed by atoms with Crippen LogP contribution < -0.4 is 15.0 Å². The SMILES string of the molecule is CCc1nnc(NC(=O)[C@@H]2CC(=O)N(c3cccc(OC)c3)C2)s1. The molecule has 1 fully saturated rings. The molecule has 0 aliphatic carbocycles. The van der Waals surface area contributed by atoms with Gasteiger partial charge in [-0.15, -0.1) is 10.2 Å². The van der Waals surface area contributed by atoms with Gasteiger partial charge in [-0.25, -0.2) is 0 Å². The number of carbonyl (C=O) groups excluding carboxylic acids is 2. The number of ether oxygens (including phenoxy) is 1. The maximum atomic E-state index is 12.4. The number of carbonyl (C=O) groups is 2. The van der Waals surface area contributed by atoms with Crippen molar-refractivity contribution in [2.75, 3.05) is 23.9 Å². The third-order valence-corrected chi connectivity index (χ3v) is 4.84. The van der Waals surface area contributed by atoms with Gasteiger partial charge in [-0.1, -0.05) is 24.3 Å². The molecule has 1 aliphatic heterocycles. The molecule has 7 nitrogen and oxygen atoms in total. The van der Waals surface area contributed by atoms with Crippen LogP contribution in [-0.2, 0) is 16.0 Å². The molecular weight excluding hydrogens is 328 g/mol. The van der Waals surface area contributed by atoms with E-state index in [0.29, 0.717) is 17.4 Å². The van der Waals surface area contributed by atoms with Crippen molar-refractivity contribution >= 4 is 34.0 Å². The summed E-state index contributed by atoms with van der Waals surface area (Å²) in [6.07, 6.45) is 0.960. The van der Waals surface area contributed by atoms with Crippen molar-refractivity contribution in [3.63, 3.8) is 0 Å². The Morgan fingerprint density at radius 2 is 2.29 bits per heavy atom. The van der Waals surface area contributed by atoms with E-state index < -0.39 is 5.92 Å². The Kier molecular flexibility index (Phi) is 4.75. The van der Waals surface area contributed by atoms with Crippen LogP contribution in [0.1, 0.15) is 18.4 Å². The number of methoxy groups -OCH3 is 1. The number of hydrogen-bond acceptors (Lipinski definition) is 6. The molecule has 1 aliphatic rings. The zero-order valence-electron chi connectivity index (χ0n) is 13.5. The number of nitrogens with one attached hydrogen (secondary N) is 1. The van der Waals surface area contributed by atoms with Gasteiger partial charge >= 0.3 is 0 Å². The first-order valence-corrected chi connectivity index (χ1v) is 8.50. The minimum absolute atomic E-state index is 0.0742. The van der Waals surface area contributed by atoms with Gasteiger partial charge in [0, 0.05) is 24.7 Å². The second-order valence-electron chi connectivity index (χ2n) is 5.45. The second-order valence-corrected chi connectivity index (χ2v) is 6.51. The van der Waals surface area contributed by atoms with E-state index in [1.54, 1.807) is 18.1 Å². The average molecular weight is 346 g/mol. The third-order valence-electron chi connectivity index (χ3n) is 3.86. The Morgan fingerprint density at radius 3 is 3.00 bits per heavy atom. The van der Waals surface area contributed by atoms with Gasteiger partial charge in [-0.05, 0) is 18.6 Å². The lowest BCUT2D eigenvalue weighted by Gasteiger charge is -2.17. The highest BCUT2D eigenvalue weighted by Crippen LogP contribution is 2.28. The molecule has 0 saturated carbocycles. The molecule has 1 aromatic carbocycles. The molecule has 1 aromatic heterocycles. The second kappa shape index (κ2) is 6.96. The summed E-state index contributed by atoms with van der Waals surface area (Å²) < 4.78 is 5.18. The molecule has 1 N–H and O–H groups in total. The van der Waals surface area contributed by atoms with Crippen LogP contribution in [0.4, 0.5) is 10.8 Å². The van der Waals surface area contributed by atoms with E-state index in [1.165, 1.54) is 11.3 Å². The highest BCUT2D eigenvalue weighted by Gasteiger charge is 2.35. The highest BCUT2D eigenvalue weighted by atomic mass is 32.1. The van der Waals surface area contributed by atoms with Crippen molar-refractivity contribution in [1.82, 2.24) is 10.2 Å². The number of aryl methyl sites for hydroxylation is 1. The first-order valence-electron chi connectivity index (χ1n) is 7.68. The Labute approximate surface area is 143 Å². The summed E-state index contributed by atoms with van der Waals surface area (Å²) in [5.41, 5.74) is 0.735. The molecule has 8 heteroatoms. The van der Waals surface area contributed by atoms with Crippen LogP contribution in [0.3, 0.4) is 0 Å². The van der Waals surface area contributed by atoms with E-state index in [9.17, 15) is 9.59 Å². The Bertz CT molecular complexity index is 761. The predicted octanol–water partition coefficient (Wildman–Crippen LogP) is 2.10. The molecule has 3 rings (SSSR count). The zero-order valence-corrected chi connectivity index (χ0v) is 14.3. The van der Waals surface area contributed by atoms with Crippen molar-refractivity contribution in [2.24, 2.45) is 5.92 Å². The molecule has 1 saturated heterocycles. The lowest BCUT2D eigenvalue weighted by molar-refractivity contribution is -0.122. The van der Waals surface area contributed by atoms with Crippen LogP contribution in [0.5, 0.6) is 5.75 Å². The topological polar surface area (TPSA) is 84.4 Å². The summed E-state index contributed by atoms with van der Waals surface area (Å²) in [6, 6.07) is 7.26. The number of amides is 2. The zero-order chi connectivity index (χ0) is 17.1. The predicted molar refractivity (Wildman–Crippen MR) is 91.4 cm³/mol. The van der Waals surface area contributed by atoms with Crippen LogP contribution in [0.2, 0.25) is 0 Å². The van der Waals surface area contributed by atoms with Crippen LogP contribution in [0.15, 0.2) is 24.3 Å². The smallest absolute Gasteiger partial charge is 0.231 e. The number of aromatic nitrogens is 2. The number of nitrogens with zero attached hydrogens (tertiary/aromatic N) is 3. The normalized spacial score (nSPS) is 17.2. The van der Waals surface area contributed by atoms with Gasteiger partial charge in [0.1, 0.15) is 10.8 Å². The van der Waals surface area contributed by atoms with E-state index in [1.807, 2.05) is 25.1 Å². The monoisotopic (exact) mass is 346 g/mol. The summed E-state index contributed by atoms with van der Waals surface area (Å²) in [5, 5.41) is 12.0. The van der Waals surface area contributed by atoms with Crippen molar-refractivity contribution in [3.8, 4) is 5.75 Å². The molecule has 1 atom stereocenters. The molecule has 0 unspecified atom stereocenters. The first kappa shape index (κ1) is 16.4. The van der Waals surface area contributed by atoms with Crippen LogP contribution >= 0.6 is 11.3 Å². The third kappa shape index (κ3) is 3.38. The summed E-state index contributed by atoms with van der Waals surface area (Å²) in [5.74, 6) is -0.00528. The van der Waals surface area contributed by atoms with Crippen LogP contribution in [-0.4, -0.2) is 35.7 Å². The van der Waals surface area contributed by atoms with Gasteiger partial charge in [0.25, 0.3) is 0 Å². The molecule has 2 aromatic rings. The van der Waals surface area contributed by atoms with E-state index >= 15 is 0 Å². The standard InChI is InChI=1S/C16H18N4O3S/c1-3-13-18-19-16(24-13)17-15(22)10-7-14(21)20(9-10)11-5-4-6-12(8-11)23-2/h4-6,8,10H,3,7,9H2,1-2H3,(H,17,19,22)/t10-/m1/s1. The van der Waals surface area contributed by atoms with Crippen LogP contribution in [0.25, 0.3) is 0 Å². The van der Waals surface area contributed by atoms with Gasteiger partial charge in [-0.3, -0.25) is 9.59 Å². The highest BCUT2D eigenvalue weighted by molar-refractivity contribution is 7.15. The van der Waals surface area contributed by atoms with Gasteiger partial charge in [0.05, 0.1) is 13.0 Å². The summed E-state index contributed by atoms with van der Waals surface area (Å²) in [7, 11) is 1.58. The minimum atomic E-state index is -0.405. The molecular formula is C16H18N4O3S.